The first-order chi connectivity index (χ1) is 7.04. The Hall–Kier alpha value is -0.780. The highest BCUT2D eigenvalue weighted by Gasteiger charge is 2.39. The van der Waals surface area contributed by atoms with Crippen LogP contribution in [0.15, 0.2) is 0 Å². The molecule has 1 heterocycles. The van der Waals surface area contributed by atoms with Crippen molar-refractivity contribution in [1.82, 2.24) is 5.32 Å². The van der Waals surface area contributed by atoms with Crippen molar-refractivity contribution in [2.75, 3.05) is 13.1 Å². The smallest absolute Gasteiger partial charge is 0.270 e. The molecule has 6 heteroatoms. The number of halogens is 3. The molecule has 1 rings (SSSR count). The number of primary amides is 1. The van der Waals surface area contributed by atoms with Gasteiger partial charge in [0.2, 0.25) is 5.91 Å². The highest BCUT2D eigenvalue weighted by molar-refractivity contribution is 5.77. The minimum Gasteiger partial charge on any atom is -0.369 e. The Morgan fingerprint density at radius 1 is 1.27 bits per heavy atom. The Morgan fingerprint density at radius 3 is 2.20 bits per heavy atom. The van der Waals surface area contributed by atoms with Crippen molar-refractivity contribution in [2.24, 2.45) is 17.6 Å². The molecule has 2 unspecified atom stereocenters. The third kappa shape index (κ3) is 3.09. The van der Waals surface area contributed by atoms with Crippen LogP contribution in [0.4, 0.5) is 13.2 Å². The molecule has 2 atom stereocenters. The number of hydrogen-bond donors (Lipinski definition) is 2. The minimum atomic E-state index is -3.14. The van der Waals surface area contributed by atoms with Gasteiger partial charge in [0.25, 0.3) is 6.43 Å². The molecule has 1 aliphatic heterocycles. The van der Waals surface area contributed by atoms with E-state index in [-0.39, 0.29) is 5.92 Å². The fraction of sp³-hybridized carbons (Fsp3) is 0.889. The van der Waals surface area contributed by atoms with Gasteiger partial charge >= 0.3 is 0 Å². The Morgan fingerprint density at radius 2 is 1.80 bits per heavy atom. The molecule has 0 aliphatic carbocycles. The number of carbonyl (C=O) groups is 1. The fourth-order valence-corrected chi connectivity index (χ4v) is 2.01. The summed E-state index contributed by atoms with van der Waals surface area (Å²) in [5.74, 6) is -2.69. The predicted molar refractivity (Wildman–Crippen MR) is 49.2 cm³/mol. The summed E-state index contributed by atoms with van der Waals surface area (Å²) in [6, 6.07) is 0. The van der Waals surface area contributed by atoms with Gasteiger partial charge in [0.15, 0.2) is 6.17 Å². The van der Waals surface area contributed by atoms with Crippen LogP contribution in [0.3, 0.4) is 0 Å². The first-order valence-electron chi connectivity index (χ1n) is 4.96. The maximum absolute atomic E-state index is 13.2. The van der Waals surface area contributed by atoms with Gasteiger partial charge in [-0.1, -0.05) is 0 Å². The summed E-state index contributed by atoms with van der Waals surface area (Å²) >= 11 is 0. The summed E-state index contributed by atoms with van der Waals surface area (Å²) in [7, 11) is 0. The van der Waals surface area contributed by atoms with Crippen molar-refractivity contribution in [3.63, 3.8) is 0 Å². The zero-order valence-electron chi connectivity index (χ0n) is 8.26. The molecule has 0 radical (unpaired) electrons. The minimum absolute atomic E-state index is 0.368. The second-order valence-electron chi connectivity index (χ2n) is 3.79. The topological polar surface area (TPSA) is 55.1 Å². The Bertz CT molecular complexity index is 219. The van der Waals surface area contributed by atoms with E-state index in [2.05, 4.69) is 5.32 Å². The van der Waals surface area contributed by atoms with Crippen molar-refractivity contribution in [3.8, 4) is 0 Å². The summed E-state index contributed by atoms with van der Waals surface area (Å²) in [5.41, 5.74) is 4.97. The molecule has 1 fully saturated rings. The molecule has 0 saturated carbocycles. The first-order valence-corrected chi connectivity index (χ1v) is 4.96. The van der Waals surface area contributed by atoms with Gasteiger partial charge in [-0.3, -0.25) is 4.79 Å². The Labute approximate surface area is 86.2 Å². The van der Waals surface area contributed by atoms with Crippen molar-refractivity contribution in [2.45, 2.75) is 25.4 Å². The van der Waals surface area contributed by atoms with Crippen molar-refractivity contribution >= 4 is 5.91 Å². The average Bonchev–Trinajstić information content (AvgIpc) is 2.18. The molecule has 0 aromatic rings. The van der Waals surface area contributed by atoms with E-state index >= 15 is 0 Å². The van der Waals surface area contributed by atoms with E-state index in [9.17, 15) is 18.0 Å². The van der Waals surface area contributed by atoms with Crippen LogP contribution in [-0.4, -0.2) is 31.6 Å². The number of carbonyl (C=O) groups excluding carboxylic acids is 1. The lowest BCUT2D eigenvalue weighted by Crippen LogP contribution is -2.44. The average molecular weight is 224 g/mol. The Balaban J connectivity index is 2.67. The molecule has 15 heavy (non-hydrogen) atoms. The number of hydrogen-bond acceptors (Lipinski definition) is 2. The number of amides is 1. The van der Waals surface area contributed by atoms with E-state index in [1.807, 2.05) is 0 Å². The monoisotopic (exact) mass is 224 g/mol. The summed E-state index contributed by atoms with van der Waals surface area (Å²) < 4.78 is 37.5. The second-order valence-corrected chi connectivity index (χ2v) is 3.79. The van der Waals surface area contributed by atoms with E-state index in [0.717, 1.165) is 0 Å². The second kappa shape index (κ2) is 5.34. The number of nitrogens with two attached hydrogens (primary N) is 1. The maximum atomic E-state index is 13.2. The summed E-state index contributed by atoms with van der Waals surface area (Å²) in [6.45, 7) is 1.23. The first kappa shape index (κ1) is 12.3. The molecule has 1 saturated heterocycles. The van der Waals surface area contributed by atoms with Gasteiger partial charge in [-0.2, -0.15) is 0 Å². The van der Waals surface area contributed by atoms with Crippen molar-refractivity contribution in [3.05, 3.63) is 0 Å². The molecule has 0 aromatic heterocycles. The Kier molecular flexibility index (Phi) is 4.38. The van der Waals surface area contributed by atoms with Crippen LogP contribution in [-0.2, 0) is 4.79 Å². The summed E-state index contributed by atoms with van der Waals surface area (Å²) in [4.78, 5) is 11.0. The van der Waals surface area contributed by atoms with Crippen LogP contribution < -0.4 is 11.1 Å². The highest BCUT2D eigenvalue weighted by atomic mass is 19.3. The van der Waals surface area contributed by atoms with Crippen LogP contribution in [0.2, 0.25) is 0 Å². The third-order valence-corrected chi connectivity index (χ3v) is 2.80. The summed E-state index contributed by atoms with van der Waals surface area (Å²) in [6.07, 6.45) is -4.55. The van der Waals surface area contributed by atoms with Crippen LogP contribution >= 0.6 is 0 Å². The molecular weight excluding hydrogens is 209 g/mol. The zero-order chi connectivity index (χ0) is 11.4. The van der Waals surface area contributed by atoms with Crippen molar-refractivity contribution < 1.29 is 18.0 Å². The lowest BCUT2D eigenvalue weighted by atomic mass is 9.81. The molecule has 0 bridgehead atoms. The highest BCUT2D eigenvalue weighted by Crippen LogP contribution is 2.29. The molecule has 88 valence electrons. The van der Waals surface area contributed by atoms with Crippen molar-refractivity contribution in [1.29, 1.82) is 0 Å². The van der Waals surface area contributed by atoms with E-state index in [1.54, 1.807) is 0 Å². The summed E-state index contributed by atoms with van der Waals surface area (Å²) in [5, 5.41) is 3.01. The number of nitrogens with one attached hydrogen (secondary N) is 1. The predicted octanol–water partition coefficient (Wildman–Crippen LogP) is 0.691. The fourth-order valence-electron chi connectivity index (χ4n) is 2.01. The van der Waals surface area contributed by atoms with E-state index in [4.69, 9.17) is 5.73 Å². The lowest BCUT2D eigenvalue weighted by Gasteiger charge is -2.30. The molecule has 0 aromatic carbocycles. The van der Waals surface area contributed by atoms with Gasteiger partial charge in [0.05, 0.1) is 5.92 Å². The van der Waals surface area contributed by atoms with Crippen LogP contribution in [0, 0.1) is 11.8 Å². The van der Waals surface area contributed by atoms with Gasteiger partial charge in [-0.25, -0.2) is 13.2 Å². The maximum Gasteiger partial charge on any atom is 0.270 e. The van der Waals surface area contributed by atoms with Gasteiger partial charge < -0.3 is 11.1 Å². The van der Waals surface area contributed by atoms with Crippen LogP contribution in [0.25, 0.3) is 0 Å². The van der Waals surface area contributed by atoms with E-state index in [0.29, 0.717) is 25.9 Å². The van der Waals surface area contributed by atoms with Gasteiger partial charge in [-0.05, 0) is 31.8 Å². The SMILES string of the molecule is NC(=O)C(C1CCNCC1)C(F)C(F)F. The van der Waals surface area contributed by atoms with Gasteiger partial charge in [0.1, 0.15) is 0 Å². The van der Waals surface area contributed by atoms with E-state index < -0.39 is 24.4 Å². The van der Waals surface area contributed by atoms with Gasteiger partial charge in [-0.15, -0.1) is 0 Å². The molecule has 0 spiro atoms. The standard InChI is InChI=1S/C9H15F3N2O/c10-7(8(11)12)6(9(13)15)5-1-3-14-4-2-5/h5-8,14H,1-4H2,(H2,13,15). The quantitative estimate of drug-likeness (QED) is 0.738. The van der Waals surface area contributed by atoms with Crippen LogP contribution in [0.1, 0.15) is 12.8 Å². The van der Waals surface area contributed by atoms with Gasteiger partial charge in [0, 0.05) is 0 Å². The molecule has 1 amide bonds. The number of alkyl halides is 3. The van der Waals surface area contributed by atoms with Crippen LogP contribution in [0.5, 0.6) is 0 Å². The van der Waals surface area contributed by atoms with E-state index in [1.165, 1.54) is 0 Å². The molecular formula is C9H15F3N2O. The molecule has 3 N–H and O–H groups in total. The number of piperidine rings is 1. The number of rotatable bonds is 4. The zero-order valence-corrected chi connectivity index (χ0v) is 8.26. The molecule has 3 nitrogen and oxygen atoms in total. The normalized spacial score (nSPS) is 22.7. The molecule has 1 aliphatic rings. The lowest BCUT2D eigenvalue weighted by molar-refractivity contribution is -0.130. The largest absolute Gasteiger partial charge is 0.369 e. The third-order valence-electron chi connectivity index (χ3n) is 2.80.